The van der Waals surface area contributed by atoms with Gasteiger partial charge in [0.25, 0.3) is 0 Å². The zero-order valence-corrected chi connectivity index (χ0v) is 14.9. The molecule has 0 aromatic heterocycles. The maximum absolute atomic E-state index is 11.4. The highest BCUT2D eigenvalue weighted by Gasteiger charge is 2.17. The molecule has 3 nitrogen and oxygen atoms in total. The molecule has 0 radical (unpaired) electrons. The summed E-state index contributed by atoms with van der Waals surface area (Å²) >= 11 is 0. The van der Waals surface area contributed by atoms with Gasteiger partial charge in [0.15, 0.2) is 0 Å². The van der Waals surface area contributed by atoms with E-state index in [1.807, 2.05) is 24.3 Å². The molecule has 0 saturated heterocycles. The molecule has 1 aliphatic rings. The van der Waals surface area contributed by atoms with Crippen LogP contribution in [-0.4, -0.2) is 19.7 Å². The van der Waals surface area contributed by atoms with Crippen molar-refractivity contribution in [2.24, 2.45) is 5.92 Å². The molecule has 0 amide bonds. The van der Waals surface area contributed by atoms with Gasteiger partial charge in [-0.25, -0.2) is 0 Å². The number of aryl methyl sites for hydroxylation is 1. The Bertz CT molecular complexity index is 688. The minimum Gasteiger partial charge on any atom is -0.493 e. The van der Waals surface area contributed by atoms with Crippen LogP contribution in [0.15, 0.2) is 48.5 Å². The lowest BCUT2D eigenvalue weighted by Gasteiger charge is -2.16. The summed E-state index contributed by atoms with van der Waals surface area (Å²) in [5.74, 6) is 1.44. The topological polar surface area (TPSA) is 35.5 Å². The van der Waals surface area contributed by atoms with Gasteiger partial charge >= 0.3 is 5.97 Å². The highest BCUT2D eigenvalue weighted by molar-refractivity contribution is 5.72. The number of hydrogen-bond acceptors (Lipinski definition) is 3. The minimum atomic E-state index is -0.178. The van der Waals surface area contributed by atoms with Gasteiger partial charge in [-0.2, -0.15) is 0 Å². The summed E-state index contributed by atoms with van der Waals surface area (Å²) in [5, 5.41) is 0. The number of carbonyl (C=O) groups excluding carboxylic acids is 1. The maximum atomic E-state index is 11.4. The Morgan fingerprint density at radius 1 is 1.08 bits per heavy atom. The molecule has 0 N–H and O–H groups in total. The molecule has 2 aromatic rings. The van der Waals surface area contributed by atoms with Gasteiger partial charge in [0.1, 0.15) is 5.75 Å². The van der Waals surface area contributed by atoms with Gasteiger partial charge in [0.05, 0.1) is 13.7 Å². The van der Waals surface area contributed by atoms with Crippen molar-refractivity contribution in [1.82, 2.24) is 0 Å². The summed E-state index contributed by atoms with van der Waals surface area (Å²) < 4.78 is 10.9. The van der Waals surface area contributed by atoms with Crippen LogP contribution in [0.1, 0.15) is 37.7 Å². The highest BCUT2D eigenvalue weighted by Crippen LogP contribution is 2.33. The van der Waals surface area contributed by atoms with Crippen molar-refractivity contribution in [3.8, 4) is 16.9 Å². The van der Waals surface area contributed by atoms with Gasteiger partial charge in [-0.15, -0.1) is 0 Å². The summed E-state index contributed by atoms with van der Waals surface area (Å²) in [6.45, 7) is 0.793. The summed E-state index contributed by atoms with van der Waals surface area (Å²) in [4.78, 5) is 11.4. The number of ether oxygens (including phenoxy) is 2. The van der Waals surface area contributed by atoms with E-state index in [1.165, 1.54) is 32.8 Å². The Hall–Kier alpha value is -2.29. The Morgan fingerprint density at radius 3 is 2.56 bits per heavy atom. The van der Waals surface area contributed by atoms with Crippen LogP contribution in [0.2, 0.25) is 0 Å². The summed E-state index contributed by atoms with van der Waals surface area (Å²) in [5.41, 5.74) is 3.36. The quantitative estimate of drug-likeness (QED) is 0.664. The van der Waals surface area contributed by atoms with Crippen molar-refractivity contribution in [2.75, 3.05) is 13.7 Å². The first-order valence-electron chi connectivity index (χ1n) is 9.14. The third-order valence-electron chi connectivity index (χ3n) is 4.92. The van der Waals surface area contributed by atoms with E-state index in [1.54, 1.807) is 0 Å². The van der Waals surface area contributed by atoms with Crippen LogP contribution in [0.25, 0.3) is 11.1 Å². The maximum Gasteiger partial charge on any atom is 0.305 e. The van der Waals surface area contributed by atoms with Crippen LogP contribution in [0.4, 0.5) is 0 Å². The second-order valence-corrected chi connectivity index (χ2v) is 6.73. The number of benzene rings is 2. The van der Waals surface area contributed by atoms with Gasteiger partial charge in [-0.1, -0.05) is 49.2 Å². The van der Waals surface area contributed by atoms with Crippen LogP contribution in [-0.2, 0) is 16.0 Å². The number of carbonyl (C=O) groups is 1. The Kier molecular flexibility index (Phi) is 6.10. The van der Waals surface area contributed by atoms with Crippen molar-refractivity contribution in [1.29, 1.82) is 0 Å². The van der Waals surface area contributed by atoms with Gasteiger partial charge in [0, 0.05) is 12.0 Å². The molecule has 25 heavy (non-hydrogen) atoms. The summed E-state index contributed by atoms with van der Waals surface area (Å²) in [6, 6.07) is 16.5. The second-order valence-electron chi connectivity index (χ2n) is 6.73. The third-order valence-corrected chi connectivity index (χ3v) is 4.92. The van der Waals surface area contributed by atoms with E-state index >= 15 is 0 Å². The fourth-order valence-corrected chi connectivity index (χ4v) is 3.43. The number of esters is 1. The first-order chi connectivity index (χ1) is 12.3. The van der Waals surface area contributed by atoms with Crippen molar-refractivity contribution in [3.05, 3.63) is 54.1 Å². The predicted molar refractivity (Wildman–Crippen MR) is 99.7 cm³/mol. The van der Waals surface area contributed by atoms with Crippen molar-refractivity contribution >= 4 is 5.97 Å². The Balaban J connectivity index is 1.79. The van der Waals surface area contributed by atoms with E-state index in [4.69, 9.17) is 9.47 Å². The molecule has 0 bridgehead atoms. The molecule has 3 rings (SSSR count). The summed E-state index contributed by atoms with van der Waals surface area (Å²) in [6.07, 6.45) is 6.27. The van der Waals surface area contributed by atoms with Crippen LogP contribution in [0, 0.1) is 5.92 Å². The molecule has 0 atom stereocenters. The standard InChI is InChI=1S/C22H26O3/c1-24-22(23)14-12-17-11-13-21(25-16-18-7-5-6-8-18)20(15-17)19-9-3-2-4-10-19/h2-4,9-11,13,15,18H,5-8,12,14,16H2,1H3. The zero-order chi connectivity index (χ0) is 17.5. The first kappa shape index (κ1) is 17.5. The smallest absolute Gasteiger partial charge is 0.305 e. The normalized spacial score (nSPS) is 14.4. The average molecular weight is 338 g/mol. The lowest BCUT2D eigenvalue weighted by atomic mass is 9.99. The van der Waals surface area contributed by atoms with Crippen LogP contribution >= 0.6 is 0 Å². The predicted octanol–water partition coefficient (Wildman–Crippen LogP) is 5.03. The van der Waals surface area contributed by atoms with Crippen LogP contribution in [0.5, 0.6) is 5.75 Å². The molecule has 1 aliphatic carbocycles. The zero-order valence-electron chi connectivity index (χ0n) is 14.9. The van der Waals surface area contributed by atoms with Gasteiger partial charge in [-0.05, 0) is 48.4 Å². The molecule has 0 spiro atoms. The Morgan fingerprint density at radius 2 is 1.84 bits per heavy atom. The Labute approximate surface area is 150 Å². The first-order valence-corrected chi connectivity index (χ1v) is 9.14. The van der Waals surface area contributed by atoms with E-state index in [0.29, 0.717) is 18.8 Å². The average Bonchev–Trinajstić information content (AvgIpc) is 3.19. The molecule has 2 aromatic carbocycles. The molecule has 0 heterocycles. The molecular weight excluding hydrogens is 312 g/mol. The number of methoxy groups -OCH3 is 1. The SMILES string of the molecule is COC(=O)CCc1ccc(OCC2CCCC2)c(-c2ccccc2)c1. The highest BCUT2D eigenvalue weighted by atomic mass is 16.5. The molecule has 0 unspecified atom stereocenters. The van der Waals surface area contributed by atoms with Crippen molar-refractivity contribution in [2.45, 2.75) is 38.5 Å². The van der Waals surface area contributed by atoms with E-state index in [9.17, 15) is 4.79 Å². The summed E-state index contributed by atoms with van der Waals surface area (Å²) in [7, 11) is 1.43. The molecule has 132 valence electrons. The molecule has 1 fully saturated rings. The lowest BCUT2D eigenvalue weighted by molar-refractivity contribution is -0.140. The fraction of sp³-hybridized carbons (Fsp3) is 0.409. The number of hydrogen-bond donors (Lipinski definition) is 0. The monoisotopic (exact) mass is 338 g/mol. The van der Waals surface area contributed by atoms with Crippen LogP contribution < -0.4 is 4.74 Å². The third kappa shape index (κ3) is 4.85. The van der Waals surface area contributed by atoms with Gasteiger partial charge in [0.2, 0.25) is 0 Å². The van der Waals surface area contributed by atoms with Crippen LogP contribution in [0.3, 0.4) is 0 Å². The fourth-order valence-electron chi connectivity index (χ4n) is 3.43. The molecular formula is C22H26O3. The van der Waals surface area contributed by atoms with Crippen molar-refractivity contribution in [3.63, 3.8) is 0 Å². The number of rotatable bonds is 7. The van der Waals surface area contributed by atoms with Crippen molar-refractivity contribution < 1.29 is 14.3 Å². The molecule has 1 saturated carbocycles. The van der Waals surface area contributed by atoms with Gasteiger partial charge < -0.3 is 9.47 Å². The van der Waals surface area contributed by atoms with E-state index in [2.05, 4.69) is 24.3 Å². The molecule has 3 heteroatoms. The van der Waals surface area contributed by atoms with E-state index < -0.39 is 0 Å². The minimum absolute atomic E-state index is 0.178. The van der Waals surface area contributed by atoms with E-state index in [-0.39, 0.29) is 5.97 Å². The largest absolute Gasteiger partial charge is 0.493 e. The second kappa shape index (κ2) is 8.70. The van der Waals surface area contributed by atoms with E-state index in [0.717, 1.165) is 29.0 Å². The van der Waals surface area contributed by atoms with Gasteiger partial charge in [-0.3, -0.25) is 4.79 Å². The lowest BCUT2D eigenvalue weighted by Crippen LogP contribution is -2.09. The molecule has 0 aliphatic heterocycles.